The van der Waals surface area contributed by atoms with Crippen molar-refractivity contribution in [3.8, 4) is 0 Å². The van der Waals surface area contributed by atoms with Gasteiger partial charge in [-0.1, -0.05) is 18.6 Å². The fourth-order valence-electron chi connectivity index (χ4n) is 3.20. The Morgan fingerprint density at radius 3 is 2.31 bits per heavy atom. The van der Waals surface area contributed by atoms with Crippen LogP contribution >= 0.6 is 0 Å². The Morgan fingerprint density at radius 1 is 0.812 bits per heavy atom. The Bertz CT molecular complexity index is 395. The Hall–Kier alpha value is -0.820. The average Bonchev–Trinajstić information content (AvgIpc) is 2.52. The third kappa shape index (κ3) is 1.78. The van der Waals surface area contributed by atoms with E-state index >= 15 is 0 Å². The first-order valence-corrected chi connectivity index (χ1v) is 6.67. The second-order valence-corrected chi connectivity index (χ2v) is 5.29. The molecule has 1 atom stereocenters. The summed E-state index contributed by atoms with van der Waals surface area (Å²) in [5, 5.41) is 10.0. The van der Waals surface area contributed by atoms with Crippen molar-refractivity contribution >= 4 is 0 Å². The Labute approximate surface area is 97.5 Å². The normalized spacial score (nSPS) is 24.4. The van der Waals surface area contributed by atoms with Gasteiger partial charge in [0.05, 0.1) is 6.10 Å². The van der Waals surface area contributed by atoms with Crippen molar-refractivity contribution in [1.29, 1.82) is 0 Å². The minimum Gasteiger partial charge on any atom is -0.388 e. The summed E-state index contributed by atoms with van der Waals surface area (Å²) in [7, 11) is 0. The quantitative estimate of drug-likeness (QED) is 0.660. The van der Waals surface area contributed by atoms with Gasteiger partial charge < -0.3 is 5.11 Å². The van der Waals surface area contributed by atoms with Gasteiger partial charge in [-0.2, -0.15) is 0 Å². The molecule has 0 fully saturated rings. The summed E-state index contributed by atoms with van der Waals surface area (Å²) in [5.41, 5.74) is 5.72. The first kappa shape index (κ1) is 10.3. The van der Waals surface area contributed by atoms with Crippen LogP contribution < -0.4 is 0 Å². The molecule has 0 saturated heterocycles. The maximum absolute atomic E-state index is 10.0. The molecule has 1 N–H and O–H groups in total. The largest absolute Gasteiger partial charge is 0.388 e. The molecule has 0 radical (unpaired) electrons. The Balaban J connectivity index is 2.05. The molecular weight excluding hydrogens is 196 g/mol. The molecule has 86 valence electrons. The van der Waals surface area contributed by atoms with Crippen molar-refractivity contribution in [2.75, 3.05) is 0 Å². The van der Waals surface area contributed by atoms with E-state index in [1.54, 1.807) is 5.56 Å². The molecular formula is C15H20O. The number of benzene rings is 1. The van der Waals surface area contributed by atoms with Crippen LogP contribution in [0.3, 0.4) is 0 Å². The van der Waals surface area contributed by atoms with Gasteiger partial charge in [-0.3, -0.25) is 0 Å². The van der Waals surface area contributed by atoms with Crippen molar-refractivity contribution in [2.45, 2.75) is 57.5 Å². The summed E-state index contributed by atoms with van der Waals surface area (Å²) < 4.78 is 0. The molecule has 1 heteroatoms. The maximum Gasteiger partial charge on any atom is 0.0792 e. The number of hydrogen-bond donors (Lipinski definition) is 1. The zero-order chi connectivity index (χ0) is 11.0. The molecule has 1 unspecified atom stereocenters. The molecule has 2 aliphatic carbocycles. The molecule has 0 amide bonds. The first-order chi connectivity index (χ1) is 7.84. The number of aliphatic hydroxyl groups excluding tert-OH is 1. The fraction of sp³-hybridized carbons (Fsp3) is 0.600. The Kier molecular flexibility index (Phi) is 2.72. The zero-order valence-electron chi connectivity index (χ0n) is 9.84. The molecule has 0 heterocycles. The van der Waals surface area contributed by atoms with Crippen molar-refractivity contribution < 1.29 is 5.11 Å². The lowest BCUT2D eigenvalue weighted by molar-refractivity contribution is 0.156. The van der Waals surface area contributed by atoms with Crippen LogP contribution in [-0.2, 0) is 19.3 Å². The van der Waals surface area contributed by atoms with Crippen LogP contribution in [0.1, 0.15) is 60.5 Å². The minimum absolute atomic E-state index is 0.197. The fourth-order valence-corrected chi connectivity index (χ4v) is 3.20. The van der Waals surface area contributed by atoms with E-state index in [0.29, 0.717) is 0 Å². The molecule has 2 aliphatic rings. The lowest BCUT2D eigenvalue weighted by Gasteiger charge is -2.23. The van der Waals surface area contributed by atoms with Crippen LogP contribution in [0.5, 0.6) is 0 Å². The highest BCUT2D eigenvalue weighted by atomic mass is 16.3. The van der Waals surface area contributed by atoms with Gasteiger partial charge >= 0.3 is 0 Å². The number of aryl methyl sites for hydroxylation is 3. The van der Waals surface area contributed by atoms with Gasteiger partial charge in [-0.25, -0.2) is 0 Å². The lowest BCUT2D eigenvalue weighted by atomic mass is 9.85. The summed E-state index contributed by atoms with van der Waals surface area (Å²) in [6.07, 6.45) is 9.56. The summed E-state index contributed by atoms with van der Waals surface area (Å²) in [6.45, 7) is 0. The van der Waals surface area contributed by atoms with E-state index in [1.165, 1.54) is 55.2 Å². The monoisotopic (exact) mass is 216 g/mol. The van der Waals surface area contributed by atoms with Crippen molar-refractivity contribution in [2.24, 2.45) is 0 Å². The number of fused-ring (bicyclic) bond motifs is 2. The highest BCUT2D eigenvalue weighted by Gasteiger charge is 2.20. The van der Waals surface area contributed by atoms with Gasteiger partial charge in [0.2, 0.25) is 0 Å². The third-order valence-electron chi connectivity index (χ3n) is 4.14. The SMILES string of the molecule is OC1CCCc2cc3c(cc21)CCCCC3. The molecule has 0 saturated carbocycles. The van der Waals surface area contributed by atoms with Crippen LogP contribution in [0.4, 0.5) is 0 Å². The number of rotatable bonds is 0. The summed E-state index contributed by atoms with van der Waals surface area (Å²) >= 11 is 0. The minimum atomic E-state index is -0.197. The molecule has 0 spiro atoms. The van der Waals surface area contributed by atoms with Gasteiger partial charge in [0, 0.05) is 0 Å². The van der Waals surface area contributed by atoms with Gasteiger partial charge in [0.1, 0.15) is 0 Å². The highest BCUT2D eigenvalue weighted by molar-refractivity contribution is 5.41. The average molecular weight is 216 g/mol. The van der Waals surface area contributed by atoms with Crippen LogP contribution in [0.15, 0.2) is 12.1 Å². The predicted molar refractivity (Wildman–Crippen MR) is 65.6 cm³/mol. The van der Waals surface area contributed by atoms with Crippen LogP contribution in [0.2, 0.25) is 0 Å². The summed E-state index contributed by atoms with van der Waals surface area (Å²) in [6, 6.07) is 4.69. The van der Waals surface area contributed by atoms with Crippen molar-refractivity contribution in [1.82, 2.24) is 0 Å². The van der Waals surface area contributed by atoms with E-state index in [2.05, 4.69) is 12.1 Å². The highest BCUT2D eigenvalue weighted by Crippen LogP contribution is 2.33. The van der Waals surface area contributed by atoms with Crippen molar-refractivity contribution in [3.05, 3.63) is 34.4 Å². The number of aliphatic hydroxyl groups is 1. The van der Waals surface area contributed by atoms with Crippen LogP contribution in [-0.4, -0.2) is 5.11 Å². The second-order valence-electron chi connectivity index (χ2n) is 5.29. The molecule has 16 heavy (non-hydrogen) atoms. The van der Waals surface area contributed by atoms with Gasteiger partial charge in [-0.05, 0) is 67.2 Å². The van der Waals surface area contributed by atoms with Crippen LogP contribution in [0, 0.1) is 0 Å². The molecule has 3 rings (SSSR count). The topological polar surface area (TPSA) is 20.2 Å². The van der Waals surface area contributed by atoms with E-state index in [9.17, 15) is 5.11 Å². The third-order valence-corrected chi connectivity index (χ3v) is 4.14. The van der Waals surface area contributed by atoms with E-state index < -0.39 is 0 Å². The lowest BCUT2D eigenvalue weighted by Crippen LogP contribution is -2.11. The smallest absolute Gasteiger partial charge is 0.0792 e. The molecule has 0 aliphatic heterocycles. The standard InChI is InChI=1S/C15H20O/c16-15-8-4-7-13-9-11-5-2-1-3-6-12(11)10-14(13)15/h9-10,15-16H,1-8H2. The first-order valence-electron chi connectivity index (χ1n) is 6.67. The summed E-state index contributed by atoms with van der Waals surface area (Å²) in [4.78, 5) is 0. The van der Waals surface area contributed by atoms with E-state index in [1.807, 2.05) is 0 Å². The molecule has 1 aromatic rings. The predicted octanol–water partition coefficient (Wildman–Crippen LogP) is 3.33. The molecule has 0 bridgehead atoms. The van der Waals surface area contributed by atoms with E-state index in [0.717, 1.165) is 12.8 Å². The maximum atomic E-state index is 10.0. The molecule has 0 aromatic heterocycles. The molecule has 1 nitrogen and oxygen atoms in total. The number of hydrogen-bond acceptors (Lipinski definition) is 1. The van der Waals surface area contributed by atoms with E-state index in [-0.39, 0.29) is 6.10 Å². The van der Waals surface area contributed by atoms with Gasteiger partial charge in [0.15, 0.2) is 0 Å². The van der Waals surface area contributed by atoms with Crippen LogP contribution in [0.25, 0.3) is 0 Å². The van der Waals surface area contributed by atoms with Gasteiger partial charge in [0.25, 0.3) is 0 Å². The summed E-state index contributed by atoms with van der Waals surface area (Å²) in [5.74, 6) is 0. The zero-order valence-corrected chi connectivity index (χ0v) is 9.84. The van der Waals surface area contributed by atoms with Gasteiger partial charge in [-0.15, -0.1) is 0 Å². The Morgan fingerprint density at radius 2 is 1.50 bits per heavy atom. The molecule has 1 aromatic carbocycles. The van der Waals surface area contributed by atoms with E-state index in [4.69, 9.17) is 0 Å². The second kappa shape index (κ2) is 4.21. The van der Waals surface area contributed by atoms with Crippen molar-refractivity contribution in [3.63, 3.8) is 0 Å².